The summed E-state index contributed by atoms with van der Waals surface area (Å²) in [7, 11) is 0. The van der Waals surface area contributed by atoms with Crippen LogP contribution in [0, 0.1) is 24.0 Å². The first-order chi connectivity index (χ1) is 41.1. The molecule has 7 heterocycles. The number of piperidine rings is 2. The highest BCUT2D eigenvalue weighted by Crippen LogP contribution is 2.37. The van der Waals surface area contributed by atoms with Crippen LogP contribution < -0.4 is 31.7 Å². The summed E-state index contributed by atoms with van der Waals surface area (Å²) in [5.41, 5.74) is 16.5. The number of rotatable bonds is 23. The molecule has 5 atom stereocenters. The molecule has 3 saturated heterocycles. The number of amides is 4. The van der Waals surface area contributed by atoms with Gasteiger partial charge in [-0.1, -0.05) is 70.7 Å². The third-order valence-electron chi connectivity index (χ3n) is 16.6. The third-order valence-corrected chi connectivity index (χ3v) is 17.6. The molecule has 2 aromatic carbocycles. The summed E-state index contributed by atoms with van der Waals surface area (Å²) >= 11 is 1.56. The van der Waals surface area contributed by atoms with Crippen molar-refractivity contribution in [2.75, 3.05) is 43.4 Å². The summed E-state index contributed by atoms with van der Waals surface area (Å²) in [4.78, 5) is 81.5. The Morgan fingerprint density at radius 2 is 1.64 bits per heavy atom. The number of nitrogen functional groups attached to an aromatic ring is 1. The number of carbonyl (C=O) groups is 4. The third kappa shape index (κ3) is 15.1. The van der Waals surface area contributed by atoms with Gasteiger partial charge in [-0.15, -0.1) is 11.3 Å². The van der Waals surface area contributed by atoms with E-state index in [0.717, 1.165) is 59.5 Å². The summed E-state index contributed by atoms with van der Waals surface area (Å²) in [5.74, 6) is -2.78. The number of hydrogen-bond acceptors (Lipinski definition) is 16. The number of alkyl halides is 2. The second-order valence-corrected chi connectivity index (χ2v) is 24.9. The summed E-state index contributed by atoms with van der Waals surface area (Å²) in [6.45, 7) is 8.90. The zero-order chi connectivity index (χ0) is 61.5. The highest BCUT2D eigenvalue weighted by Gasteiger charge is 2.45. The number of nitrogens with zero attached hydrogens (tertiary/aromatic N) is 9. The molecule has 0 radical (unpaired) electrons. The molecule has 3 aliphatic heterocycles. The topological polar surface area (TPSA) is 273 Å². The molecule has 9 rings (SSSR count). The predicted molar refractivity (Wildman–Crippen MR) is 318 cm³/mol. The quantitative estimate of drug-likeness (QED) is 0.0269. The van der Waals surface area contributed by atoms with Crippen LogP contribution in [0.5, 0.6) is 5.75 Å². The molecular weight excluding hydrogens is 1130 g/mol. The Morgan fingerprint density at radius 1 is 0.919 bits per heavy atom. The molecular formula is C61H77F4N13O7S. The standard InChI is InChI=1S/C61H77F4N13O7S/c1-36-52(86-35-73-36)38-16-14-37(15-17-38)28-69-58(83)46-25-40(79)31-78(46)59(84)53(60(2,3)4)74-49(80)12-9-7-5-6-8-10-13-50(81)75-22-18-41(19-23-75)85-48-27-43(62)42(26-44(48)63)45-24-39(30-77-34-72-51-56(66)70-33-71-57(51)77)47(29-68-45)76-21-11-20-61(67,32-76)54(82)55(64)65/h14-17,24,26-27,29,33-35,40-41,46,53-55,79,82H,5-13,18-23,25,28,30-32,67H2,1-4H3,(H,69,83)(H,74,80)(H2,66,70,71)/t40-,46+,53-,54-,61-/m1/s1. The number of aromatic nitrogens is 6. The van der Waals surface area contributed by atoms with Gasteiger partial charge in [-0.3, -0.25) is 24.2 Å². The maximum atomic E-state index is 16.1. The molecule has 86 heavy (non-hydrogen) atoms. The van der Waals surface area contributed by atoms with Gasteiger partial charge in [0.15, 0.2) is 23.0 Å². The Morgan fingerprint density at radius 3 is 2.34 bits per heavy atom. The van der Waals surface area contributed by atoms with Gasteiger partial charge in [-0.2, -0.15) is 0 Å². The largest absolute Gasteiger partial charge is 0.487 e. The first-order valence-electron chi connectivity index (χ1n) is 29.5. The van der Waals surface area contributed by atoms with Crippen molar-refractivity contribution in [2.45, 2.75) is 167 Å². The van der Waals surface area contributed by atoms with Crippen molar-refractivity contribution in [3.63, 3.8) is 0 Å². The Bertz CT molecular complexity index is 3360. The van der Waals surface area contributed by atoms with Crippen LogP contribution in [0.15, 0.2) is 66.8 Å². The van der Waals surface area contributed by atoms with Crippen molar-refractivity contribution in [3.05, 3.63) is 95.3 Å². The number of halogens is 4. The summed E-state index contributed by atoms with van der Waals surface area (Å²) in [6, 6.07) is 9.61. The fourth-order valence-corrected chi connectivity index (χ4v) is 12.5. The van der Waals surface area contributed by atoms with E-state index in [1.54, 1.807) is 37.3 Å². The van der Waals surface area contributed by atoms with E-state index in [4.69, 9.17) is 16.2 Å². The molecule has 462 valence electrons. The monoisotopic (exact) mass is 1210 g/mol. The summed E-state index contributed by atoms with van der Waals surface area (Å²) in [6.07, 6.45) is 4.44. The number of β-amino-alcohol motifs (C(OH)–C–C–N with tert-alkyl or cyclic N) is 1. The van der Waals surface area contributed by atoms with Gasteiger partial charge in [-0.05, 0) is 66.8 Å². The number of ether oxygens (including phenoxy) is 1. The lowest BCUT2D eigenvalue weighted by Crippen LogP contribution is -2.63. The van der Waals surface area contributed by atoms with Gasteiger partial charge in [0.2, 0.25) is 23.6 Å². The van der Waals surface area contributed by atoms with Crippen LogP contribution in [0.4, 0.5) is 29.1 Å². The lowest BCUT2D eigenvalue weighted by molar-refractivity contribution is -0.144. The van der Waals surface area contributed by atoms with Crippen LogP contribution in [-0.4, -0.2) is 148 Å². The highest BCUT2D eigenvalue weighted by atomic mass is 32.1. The number of thiazole rings is 1. The molecule has 0 spiro atoms. The number of benzene rings is 2. The first-order valence-corrected chi connectivity index (χ1v) is 30.3. The van der Waals surface area contributed by atoms with Crippen LogP contribution in [-0.2, 0) is 32.3 Å². The molecule has 0 saturated carbocycles. The van der Waals surface area contributed by atoms with E-state index in [9.17, 15) is 38.2 Å². The SMILES string of the molecule is Cc1ncsc1-c1ccc(CNC(=O)[C@@H]2C[C@@H](O)CN2C(=O)[C@@H](NC(=O)CCCCCCCCC(=O)N2CCC(Oc3cc(F)c(-c4cc(Cn5cnc6c(N)ncnc65)c(N5CCC[C@](N)([C@H](O)C(F)F)C5)cn4)cc3F)CC2)C(C)(C)C)cc1. The molecule has 6 aromatic rings. The van der Waals surface area contributed by atoms with E-state index in [2.05, 4.69) is 35.6 Å². The number of hydrogen-bond donors (Lipinski definition) is 6. The molecule has 25 heteroatoms. The molecule has 3 fully saturated rings. The smallest absolute Gasteiger partial charge is 0.265 e. The van der Waals surface area contributed by atoms with Crippen molar-refractivity contribution in [2.24, 2.45) is 11.1 Å². The van der Waals surface area contributed by atoms with Gasteiger partial charge in [0.1, 0.15) is 42.0 Å². The molecule has 0 aliphatic carbocycles. The normalized spacial score (nSPS) is 19.3. The van der Waals surface area contributed by atoms with Crippen LogP contribution in [0.25, 0.3) is 32.9 Å². The molecule has 4 aromatic heterocycles. The molecule has 8 N–H and O–H groups in total. The van der Waals surface area contributed by atoms with Gasteiger partial charge in [0.25, 0.3) is 6.43 Å². The Balaban J connectivity index is 0.697. The van der Waals surface area contributed by atoms with E-state index >= 15 is 8.78 Å². The van der Waals surface area contributed by atoms with Crippen molar-refractivity contribution in [3.8, 4) is 27.4 Å². The van der Waals surface area contributed by atoms with Gasteiger partial charge in [-0.25, -0.2) is 37.5 Å². The summed E-state index contributed by atoms with van der Waals surface area (Å²) in [5, 5.41) is 26.9. The molecule has 20 nitrogen and oxygen atoms in total. The maximum absolute atomic E-state index is 16.1. The van der Waals surface area contributed by atoms with Crippen molar-refractivity contribution < 1.29 is 51.7 Å². The van der Waals surface area contributed by atoms with Crippen LogP contribution in [0.1, 0.15) is 121 Å². The summed E-state index contributed by atoms with van der Waals surface area (Å²) < 4.78 is 67.2. The van der Waals surface area contributed by atoms with Gasteiger partial charge in [0, 0.05) is 83.0 Å². The number of aliphatic hydroxyl groups excluding tert-OH is 2. The van der Waals surface area contributed by atoms with Gasteiger partial charge >= 0.3 is 0 Å². The molecule has 4 amide bonds. The number of imidazole rings is 1. The molecule has 0 unspecified atom stereocenters. The van der Waals surface area contributed by atoms with Gasteiger partial charge < -0.3 is 56.3 Å². The number of nitrogens with two attached hydrogens (primary N) is 2. The van der Waals surface area contributed by atoms with Crippen molar-refractivity contribution in [1.82, 2.24) is 49.9 Å². The number of unbranched alkanes of at least 4 members (excludes halogenated alkanes) is 5. The highest BCUT2D eigenvalue weighted by molar-refractivity contribution is 7.13. The average Bonchev–Trinajstić information content (AvgIpc) is 4.39. The fourth-order valence-electron chi connectivity index (χ4n) is 11.7. The lowest BCUT2D eigenvalue weighted by atomic mass is 9.84. The Kier molecular flexibility index (Phi) is 20.2. The van der Waals surface area contributed by atoms with Crippen molar-refractivity contribution >= 4 is 57.6 Å². The number of aryl methyl sites for hydroxylation is 1. The first kappa shape index (κ1) is 63.2. The van der Waals surface area contributed by atoms with Crippen LogP contribution >= 0.6 is 11.3 Å². The number of aliphatic hydroxyl groups is 2. The van der Waals surface area contributed by atoms with Crippen LogP contribution in [0.3, 0.4) is 0 Å². The van der Waals surface area contributed by atoms with Crippen LogP contribution in [0.2, 0.25) is 0 Å². The Hall–Kier alpha value is -7.35. The fraction of sp³-hybridized carbons (Fsp3) is 0.525. The van der Waals surface area contributed by atoms with E-state index in [1.165, 1.54) is 23.8 Å². The zero-order valence-corrected chi connectivity index (χ0v) is 49.8. The molecule has 0 bridgehead atoms. The molecule has 3 aliphatic rings. The minimum atomic E-state index is -3.06. The van der Waals surface area contributed by atoms with Crippen molar-refractivity contribution in [1.29, 1.82) is 0 Å². The maximum Gasteiger partial charge on any atom is 0.265 e. The number of pyridine rings is 1. The minimum Gasteiger partial charge on any atom is -0.487 e. The number of likely N-dealkylation sites (tertiary alicyclic amines) is 2. The van der Waals surface area contributed by atoms with E-state index in [1.807, 2.05) is 52.0 Å². The number of fused-ring (bicyclic) bond motifs is 1. The van der Waals surface area contributed by atoms with E-state index in [0.29, 0.717) is 80.6 Å². The second kappa shape index (κ2) is 27.6. The van der Waals surface area contributed by atoms with E-state index < -0.39 is 65.3 Å². The number of anilines is 2. The number of nitrogens with one attached hydrogen (secondary N) is 2. The van der Waals surface area contributed by atoms with Gasteiger partial charge in [0.05, 0.1) is 58.2 Å². The average molecular weight is 1210 g/mol. The Labute approximate surface area is 501 Å². The minimum absolute atomic E-state index is 0.00843. The predicted octanol–water partition coefficient (Wildman–Crippen LogP) is 7.45. The second-order valence-electron chi connectivity index (χ2n) is 24.1. The van der Waals surface area contributed by atoms with E-state index in [-0.39, 0.29) is 86.0 Å². The zero-order valence-electron chi connectivity index (χ0n) is 49.0. The number of carbonyl (C=O) groups excluding carboxylic acids is 4. The lowest BCUT2D eigenvalue weighted by Gasteiger charge is -2.44.